The first-order valence-electron chi connectivity index (χ1n) is 16.2. The highest BCUT2D eigenvalue weighted by molar-refractivity contribution is 5.70. The minimum atomic E-state index is -1.41. The van der Waals surface area contributed by atoms with Crippen LogP contribution < -0.4 is 10.6 Å². The Morgan fingerprint density at radius 1 is 1.25 bits per heavy atom. The molecule has 0 spiro atoms. The molecule has 0 aliphatic carbocycles. The van der Waals surface area contributed by atoms with Crippen LogP contribution in [0.3, 0.4) is 0 Å². The highest BCUT2D eigenvalue weighted by Gasteiger charge is 2.54. The molecule has 4 N–H and O–H groups in total. The monoisotopic (exact) mass is 620 g/mol. The van der Waals surface area contributed by atoms with Crippen LogP contribution in [0.15, 0.2) is 36.0 Å². The van der Waals surface area contributed by atoms with Gasteiger partial charge in [-0.05, 0) is 71.2 Å². The number of hydrogen-bond acceptors (Lipinski definition) is 10. The van der Waals surface area contributed by atoms with Gasteiger partial charge in [0, 0.05) is 25.9 Å². The Morgan fingerprint density at radius 2 is 1.98 bits per heavy atom. The highest BCUT2D eigenvalue weighted by atomic mass is 16.6. The lowest BCUT2D eigenvalue weighted by Crippen LogP contribution is -2.58. The van der Waals surface area contributed by atoms with E-state index in [1.807, 2.05) is 32.1 Å². The van der Waals surface area contributed by atoms with Gasteiger partial charge in [0.05, 0.1) is 36.3 Å². The average Bonchev–Trinajstić information content (AvgIpc) is 3.76. The van der Waals surface area contributed by atoms with E-state index in [9.17, 15) is 19.8 Å². The van der Waals surface area contributed by atoms with Gasteiger partial charge in [-0.1, -0.05) is 45.1 Å². The molecule has 11 atom stereocenters. The molecule has 3 aliphatic rings. The van der Waals surface area contributed by atoms with Crippen LogP contribution in [0, 0.1) is 11.8 Å². The second-order valence-electron chi connectivity index (χ2n) is 13.3. The maximum atomic E-state index is 12.8. The second kappa shape index (κ2) is 16.0. The third-order valence-corrected chi connectivity index (χ3v) is 9.44. The summed E-state index contributed by atoms with van der Waals surface area (Å²) in [4.78, 5) is 24.6. The SMILES string of the molecule is CCC(OC)C(C)C1OC1C1NCCCNC1(C)C=CC=C(C)C1OC(=O)CC(O)CCC(C)(O)C(OC(C)=O)C=CC1C. The van der Waals surface area contributed by atoms with Gasteiger partial charge in [0.1, 0.15) is 23.9 Å². The molecule has 2 saturated heterocycles. The number of aliphatic hydroxyl groups excluding tert-OH is 1. The maximum Gasteiger partial charge on any atom is 0.309 e. The predicted molar refractivity (Wildman–Crippen MR) is 169 cm³/mol. The van der Waals surface area contributed by atoms with E-state index in [-0.39, 0.29) is 61.0 Å². The summed E-state index contributed by atoms with van der Waals surface area (Å²) in [5.74, 6) is -1.04. The van der Waals surface area contributed by atoms with Gasteiger partial charge in [0.25, 0.3) is 0 Å². The second-order valence-corrected chi connectivity index (χ2v) is 13.3. The molecular formula is C34H56N2O8. The normalized spacial score (nSPS) is 39.0. The number of aliphatic hydroxyl groups is 2. The number of carbonyl (C=O) groups excluding carboxylic acids is 2. The fourth-order valence-corrected chi connectivity index (χ4v) is 6.56. The molecule has 3 heterocycles. The van der Waals surface area contributed by atoms with E-state index in [1.54, 1.807) is 20.1 Å². The van der Waals surface area contributed by atoms with Gasteiger partial charge in [-0.15, -0.1) is 0 Å². The summed E-state index contributed by atoms with van der Waals surface area (Å²) in [6, 6.07) is 0.0604. The summed E-state index contributed by atoms with van der Waals surface area (Å²) in [6.07, 6.45) is 9.40. The molecule has 44 heavy (non-hydrogen) atoms. The summed E-state index contributed by atoms with van der Waals surface area (Å²) in [5, 5.41) is 29.0. The van der Waals surface area contributed by atoms with Crippen LogP contribution >= 0.6 is 0 Å². The molecule has 0 saturated carbocycles. The number of esters is 2. The van der Waals surface area contributed by atoms with Crippen molar-refractivity contribution >= 4 is 11.9 Å². The van der Waals surface area contributed by atoms with E-state index in [0.717, 1.165) is 31.5 Å². The minimum Gasteiger partial charge on any atom is -0.457 e. The van der Waals surface area contributed by atoms with Gasteiger partial charge >= 0.3 is 11.9 Å². The van der Waals surface area contributed by atoms with Crippen LogP contribution in [0.25, 0.3) is 0 Å². The van der Waals surface area contributed by atoms with E-state index in [4.69, 9.17) is 18.9 Å². The molecule has 10 heteroatoms. The third kappa shape index (κ3) is 9.71. The molecule has 11 unspecified atom stereocenters. The Bertz CT molecular complexity index is 1050. The average molecular weight is 621 g/mol. The fourth-order valence-electron chi connectivity index (χ4n) is 6.56. The number of nitrogens with one attached hydrogen (secondary N) is 2. The molecule has 0 aromatic rings. The molecule has 0 aromatic heterocycles. The number of cyclic esters (lactones) is 1. The van der Waals surface area contributed by atoms with Gasteiger partial charge in [-0.3, -0.25) is 9.59 Å². The summed E-state index contributed by atoms with van der Waals surface area (Å²) in [5.41, 5.74) is -0.983. The summed E-state index contributed by atoms with van der Waals surface area (Å²) < 4.78 is 23.3. The summed E-state index contributed by atoms with van der Waals surface area (Å²) in [7, 11) is 1.76. The molecule has 10 nitrogen and oxygen atoms in total. The molecule has 250 valence electrons. The standard InChI is InChI=1S/C34H56N2O8/c1-9-26(41-8)23(4)30-31(44-30)32-33(6,36-19-11-18-35-32)16-10-12-21(2)29-22(3)13-14-27(42-24(5)37)34(7,40)17-15-25(38)20-28(39)43-29/h10,12-14,16,22-23,25-27,29-32,35-36,38,40H,9,11,15,17-20H2,1-8H3. The fraction of sp³-hybridized carbons (Fsp3) is 0.765. The Kier molecular flexibility index (Phi) is 13.2. The minimum absolute atomic E-state index is 0.0604. The Hall–Kier alpha value is -2.08. The highest BCUT2D eigenvalue weighted by Crippen LogP contribution is 2.39. The lowest BCUT2D eigenvalue weighted by molar-refractivity contribution is -0.157. The molecule has 0 bridgehead atoms. The van der Waals surface area contributed by atoms with Crippen molar-refractivity contribution in [1.82, 2.24) is 10.6 Å². The van der Waals surface area contributed by atoms with Crippen LogP contribution in [0.2, 0.25) is 0 Å². The van der Waals surface area contributed by atoms with Crippen LogP contribution in [0.4, 0.5) is 0 Å². The summed E-state index contributed by atoms with van der Waals surface area (Å²) >= 11 is 0. The van der Waals surface area contributed by atoms with Crippen molar-refractivity contribution in [2.24, 2.45) is 11.8 Å². The first kappa shape index (κ1) is 36.4. The molecule has 3 aliphatic heterocycles. The van der Waals surface area contributed by atoms with E-state index < -0.39 is 35.9 Å². The van der Waals surface area contributed by atoms with Crippen molar-refractivity contribution in [1.29, 1.82) is 0 Å². The van der Waals surface area contributed by atoms with Crippen molar-refractivity contribution in [3.8, 4) is 0 Å². The Morgan fingerprint density at radius 3 is 2.64 bits per heavy atom. The number of methoxy groups -OCH3 is 1. The summed E-state index contributed by atoms with van der Waals surface area (Å²) in [6.45, 7) is 14.9. The maximum absolute atomic E-state index is 12.8. The third-order valence-electron chi connectivity index (χ3n) is 9.44. The van der Waals surface area contributed by atoms with E-state index in [2.05, 4.69) is 37.5 Å². The molecule has 0 amide bonds. The zero-order valence-corrected chi connectivity index (χ0v) is 27.9. The van der Waals surface area contributed by atoms with Crippen molar-refractivity contribution in [2.75, 3.05) is 20.2 Å². The number of allylic oxidation sites excluding steroid dienone is 2. The Labute approximate surface area is 263 Å². The topological polar surface area (TPSA) is 139 Å². The van der Waals surface area contributed by atoms with Crippen molar-refractivity contribution in [3.63, 3.8) is 0 Å². The zero-order valence-electron chi connectivity index (χ0n) is 27.9. The van der Waals surface area contributed by atoms with E-state index >= 15 is 0 Å². The first-order chi connectivity index (χ1) is 20.7. The van der Waals surface area contributed by atoms with Crippen molar-refractivity contribution in [3.05, 3.63) is 36.0 Å². The molecule has 2 fully saturated rings. The van der Waals surface area contributed by atoms with Crippen molar-refractivity contribution in [2.45, 2.75) is 134 Å². The molecule has 0 radical (unpaired) electrons. The van der Waals surface area contributed by atoms with Gasteiger partial charge < -0.3 is 39.8 Å². The van der Waals surface area contributed by atoms with Gasteiger partial charge in [-0.25, -0.2) is 0 Å². The van der Waals surface area contributed by atoms with Gasteiger partial charge in [0.15, 0.2) is 0 Å². The van der Waals surface area contributed by atoms with Crippen LogP contribution in [0.1, 0.15) is 80.6 Å². The smallest absolute Gasteiger partial charge is 0.309 e. The lowest BCUT2D eigenvalue weighted by atomic mass is 9.85. The van der Waals surface area contributed by atoms with Gasteiger partial charge in [-0.2, -0.15) is 0 Å². The first-order valence-corrected chi connectivity index (χ1v) is 16.2. The van der Waals surface area contributed by atoms with Crippen LogP contribution in [-0.2, 0) is 28.5 Å². The zero-order chi connectivity index (χ0) is 32.7. The number of carbonyl (C=O) groups is 2. The quantitative estimate of drug-likeness (QED) is 0.131. The van der Waals surface area contributed by atoms with E-state index in [1.165, 1.54) is 6.92 Å². The van der Waals surface area contributed by atoms with Crippen LogP contribution in [-0.4, -0.2) is 96.2 Å². The van der Waals surface area contributed by atoms with Crippen LogP contribution in [0.5, 0.6) is 0 Å². The number of hydrogen-bond donors (Lipinski definition) is 4. The Balaban J connectivity index is 1.83. The number of ether oxygens (including phenoxy) is 4. The molecule has 0 aromatic carbocycles. The largest absolute Gasteiger partial charge is 0.457 e. The van der Waals surface area contributed by atoms with Crippen molar-refractivity contribution < 1.29 is 38.7 Å². The number of rotatable bonds is 9. The molecular weight excluding hydrogens is 564 g/mol. The van der Waals surface area contributed by atoms with Gasteiger partial charge in [0.2, 0.25) is 0 Å². The molecule has 3 rings (SSSR count). The number of epoxide rings is 1. The lowest BCUT2D eigenvalue weighted by Gasteiger charge is -2.34. The predicted octanol–water partition coefficient (Wildman–Crippen LogP) is 3.36. The van der Waals surface area contributed by atoms with E-state index in [0.29, 0.717) is 0 Å².